The second-order valence-corrected chi connectivity index (χ2v) is 12.8. The van der Waals surface area contributed by atoms with Gasteiger partial charge in [0.05, 0.1) is 12.7 Å². The van der Waals surface area contributed by atoms with Crippen LogP contribution >= 0.6 is 0 Å². The van der Waals surface area contributed by atoms with Gasteiger partial charge in [-0.05, 0) is 50.4 Å². The number of epoxide rings is 1. The fraction of sp³-hybridized carbons (Fsp3) is 0.833. The number of esters is 1. The van der Waals surface area contributed by atoms with E-state index in [4.69, 9.17) is 13.9 Å². The van der Waals surface area contributed by atoms with Crippen LogP contribution in [-0.2, 0) is 18.7 Å². The van der Waals surface area contributed by atoms with Crippen LogP contribution in [0.1, 0.15) is 48.0 Å². The first kappa shape index (κ1) is 20.4. The van der Waals surface area contributed by atoms with Crippen LogP contribution in [0, 0.1) is 5.92 Å². The Labute approximate surface area is 142 Å². The molecule has 0 spiro atoms. The lowest BCUT2D eigenvalue weighted by molar-refractivity contribution is -0.138. The number of hydrogen-bond acceptors (Lipinski definition) is 4. The van der Waals surface area contributed by atoms with Crippen molar-refractivity contribution in [2.24, 2.45) is 5.92 Å². The van der Waals surface area contributed by atoms with Crippen molar-refractivity contribution < 1.29 is 18.7 Å². The molecule has 0 aromatic heterocycles. The zero-order valence-electron chi connectivity index (χ0n) is 16.1. The zero-order chi connectivity index (χ0) is 17.8. The van der Waals surface area contributed by atoms with Gasteiger partial charge in [0.1, 0.15) is 6.10 Å². The molecule has 3 atom stereocenters. The van der Waals surface area contributed by atoms with Gasteiger partial charge >= 0.3 is 5.97 Å². The van der Waals surface area contributed by atoms with Crippen LogP contribution in [0.4, 0.5) is 0 Å². The van der Waals surface area contributed by atoms with E-state index < -0.39 is 8.32 Å². The number of carbonyl (C=O) groups excluding carboxylic acids is 1. The van der Waals surface area contributed by atoms with Crippen molar-refractivity contribution in [3.8, 4) is 0 Å². The van der Waals surface area contributed by atoms with Crippen molar-refractivity contribution >= 4 is 14.3 Å². The van der Waals surface area contributed by atoms with E-state index in [9.17, 15) is 4.79 Å². The van der Waals surface area contributed by atoms with E-state index in [1.807, 2.05) is 13.0 Å². The van der Waals surface area contributed by atoms with Crippen molar-refractivity contribution in [1.29, 1.82) is 0 Å². The lowest BCUT2D eigenvalue weighted by atomic mass is 10.0. The summed E-state index contributed by atoms with van der Waals surface area (Å²) < 4.78 is 16.9. The summed E-state index contributed by atoms with van der Waals surface area (Å²) in [6.07, 6.45) is 3.11. The summed E-state index contributed by atoms with van der Waals surface area (Å²) in [6, 6.07) is 0. The summed E-state index contributed by atoms with van der Waals surface area (Å²) in [5, 5.41) is 0.244. The second kappa shape index (κ2) is 7.95. The number of carbonyl (C=O) groups is 1. The van der Waals surface area contributed by atoms with Crippen LogP contribution in [0.5, 0.6) is 0 Å². The Morgan fingerprint density at radius 1 is 1.35 bits per heavy atom. The fourth-order valence-electron chi connectivity index (χ4n) is 2.17. The van der Waals surface area contributed by atoms with Crippen molar-refractivity contribution in [3.05, 3.63) is 11.6 Å². The Bertz CT molecular complexity index is 437. The Kier molecular flexibility index (Phi) is 7.05. The molecule has 0 saturated carbocycles. The van der Waals surface area contributed by atoms with E-state index in [2.05, 4.69) is 40.8 Å². The molecule has 134 valence electrons. The first-order valence-electron chi connectivity index (χ1n) is 8.64. The second-order valence-electron chi connectivity index (χ2n) is 8.01. The minimum Gasteiger partial charge on any atom is -0.463 e. The first-order chi connectivity index (χ1) is 10.5. The highest BCUT2D eigenvalue weighted by Crippen LogP contribution is 2.37. The number of hydrogen-bond donors (Lipinski definition) is 0. The monoisotopic (exact) mass is 342 g/mol. The molecule has 0 radical (unpaired) electrons. The highest BCUT2D eigenvalue weighted by Gasteiger charge is 2.42. The summed E-state index contributed by atoms with van der Waals surface area (Å²) in [7, 11) is -1.67. The van der Waals surface area contributed by atoms with Gasteiger partial charge < -0.3 is 13.9 Å². The summed E-state index contributed by atoms with van der Waals surface area (Å²) in [5.41, 5.74) is 0.629. The third-order valence-electron chi connectivity index (χ3n) is 4.98. The molecule has 1 rings (SSSR count). The Balaban J connectivity index is 2.37. The predicted molar refractivity (Wildman–Crippen MR) is 96.0 cm³/mol. The molecular formula is C18H34O4Si. The lowest BCUT2D eigenvalue weighted by Gasteiger charge is -2.36. The molecule has 5 heteroatoms. The topological polar surface area (TPSA) is 48.1 Å². The van der Waals surface area contributed by atoms with Crippen molar-refractivity contribution in [3.63, 3.8) is 0 Å². The maximum atomic E-state index is 11.6. The Morgan fingerprint density at radius 3 is 2.48 bits per heavy atom. The van der Waals surface area contributed by atoms with Crippen LogP contribution in [0.3, 0.4) is 0 Å². The molecule has 1 fully saturated rings. The number of ether oxygens (including phenoxy) is 2. The first-order valence-corrected chi connectivity index (χ1v) is 11.6. The smallest absolute Gasteiger partial charge is 0.333 e. The fourth-order valence-corrected chi connectivity index (χ4v) is 3.23. The third kappa shape index (κ3) is 6.05. The van der Waals surface area contributed by atoms with E-state index >= 15 is 0 Å². The van der Waals surface area contributed by atoms with Gasteiger partial charge in [0.25, 0.3) is 0 Å². The molecule has 23 heavy (non-hydrogen) atoms. The van der Waals surface area contributed by atoms with Gasteiger partial charge in [-0.3, -0.25) is 0 Å². The molecule has 0 aromatic carbocycles. The van der Waals surface area contributed by atoms with Crippen molar-refractivity contribution in [2.75, 3.05) is 13.2 Å². The largest absolute Gasteiger partial charge is 0.463 e. The van der Waals surface area contributed by atoms with Crippen LogP contribution in [0.15, 0.2) is 11.6 Å². The molecule has 0 aliphatic carbocycles. The van der Waals surface area contributed by atoms with E-state index in [1.165, 1.54) is 0 Å². The zero-order valence-corrected chi connectivity index (χ0v) is 17.1. The molecule has 0 amide bonds. The highest BCUT2D eigenvalue weighted by molar-refractivity contribution is 6.74. The molecular weight excluding hydrogens is 308 g/mol. The van der Waals surface area contributed by atoms with Gasteiger partial charge in [0, 0.05) is 12.2 Å². The van der Waals surface area contributed by atoms with Gasteiger partial charge in [0.2, 0.25) is 0 Å². The molecule has 1 heterocycles. The minimum atomic E-state index is -1.67. The maximum Gasteiger partial charge on any atom is 0.333 e. The maximum absolute atomic E-state index is 11.6. The molecule has 0 bridgehead atoms. The number of rotatable bonds is 8. The van der Waals surface area contributed by atoms with Gasteiger partial charge in [-0.2, -0.15) is 0 Å². The summed E-state index contributed by atoms with van der Waals surface area (Å²) in [4.78, 5) is 11.6. The van der Waals surface area contributed by atoms with E-state index in [0.717, 1.165) is 13.0 Å². The SMILES string of the molecule is CCOC(=O)/C(C)=C/[C@H]1O[C@H]1[C@@H](C)CCO[Si](C)(C)C(C)(C)C. The average molecular weight is 343 g/mol. The Hall–Kier alpha value is -0.653. The molecule has 0 unspecified atom stereocenters. The lowest BCUT2D eigenvalue weighted by Crippen LogP contribution is -2.41. The average Bonchev–Trinajstić information content (AvgIpc) is 3.16. The van der Waals surface area contributed by atoms with Gasteiger partial charge in [-0.1, -0.05) is 27.7 Å². The molecule has 4 nitrogen and oxygen atoms in total. The van der Waals surface area contributed by atoms with Crippen LogP contribution < -0.4 is 0 Å². The summed E-state index contributed by atoms with van der Waals surface area (Å²) >= 11 is 0. The normalized spacial score (nSPS) is 23.6. The quantitative estimate of drug-likeness (QED) is 0.285. The molecule has 1 aliphatic rings. The van der Waals surface area contributed by atoms with Gasteiger partial charge in [-0.15, -0.1) is 0 Å². The third-order valence-corrected chi connectivity index (χ3v) is 9.51. The van der Waals surface area contributed by atoms with Gasteiger partial charge in [0.15, 0.2) is 8.32 Å². The van der Waals surface area contributed by atoms with E-state index in [-0.39, 0.29) is 23.2 Å². The summed E-state index contributed by atoms with van der Waals surface area (Å²) in [6.45, 7) is 18.3. The molecule has 0 aromatic rings. The molecule has 0 N–H and O–H groups in total. The van der Waals surface area contributed by atoms with Crippen molar-refractivity contribution in [1.82, 2.24) is 0 Å². The van der Waals surface area contributed by atoms with Crippen LogP contribution in [-0.4, -0.2) is 39.7 Å². The summed E-state index contributed by atoms with van der Waals surface area (Å²) in [5.74, 6) is 0.173. The molecule has 1 aliphatic heterocycles. The molecule has 1 saturated heterocycles. The standard InChI is InChI=1S/C18H34O4Si/c1-9-20-17(19)14(3)12-15-16(22-15)13(2)10-11-21-23(7,8)18(4,5)6/h12-13,15-16H,9-11H2,1-8H3/b14-12+/t13-,15+,16-/m0/s1. The Morgan fingerprint density at radius 2 is 1.96 bits per heavy atom. The highest BCUT2D eigenvalue weighted by atomic mass is 28.4. The minimum absolute atomic E-state index is 0.0438. The van der Waals surface area contributed by atoms with E-state index in [1.54, 1.807) is 6.92 Å². The van der Waals surface area contributed by atoms with Crippen LogP contribution in [0.25, 0.3) is 0 Å². The van der Waals surface area contributed by atoms with Crippen LogP contribution in [0.2, 0.25) is 18.1 Å². The predicted octanol–water partition coefficient (Wildman–Crippen LogP) is 4.31. The van der Waals surface area contributed by atoms with Crippen molar-refractivity contribution in [2.45, 2.75) is 78.3 Å². The van der Waals surface area contributed by atoms with E-state index in [0.29, 0.717) is 18.1 Å². The van der Waals surface area contributed by atoms with Gasteiger partial charge in [-0.25, -0.2) is 4.79 Å².